The van der Waals surface area contributed by atoms with Crippen molar-refractivity contribution >= 4 is 22.4 Å². The van der Waals surface area contributed by atoms with Gasteiger partial charge in [-0.1, -0.05) is 0 Å². The molecule has 118 valence electrons. The Labute approximate surface area is 132 Å². The molecule has 0 saturated carbocycles. The third kappa shape index (κ3) is 4.39. The van der Waals surface area contributed by atoms with Crippen molar-refractivity contribution in [2.75, 3.05) is 12.3 Å². The van der Waals surface area contributed by atoms with Gasteiger partial charge in [-0.25, -0.2) is 9.78 Å². The van der Waals surface area contributed by atoms with E-state index in [1.807, 2.05) is 5.38 Å². The molecule has 3 N–H and O–H groups in total. The van der Waals surface area contributed by atoms with Crippen molar-refractivity contribution in [3.63, 3.8) is 0 Å². The molecule has 8 heteroatoms. The minimum Gasteiger partial charge on any atom is -0.375 e. The van der Waals surface area contributed by atoms with Crippen LogP contribution in [-0.2, 0) is 17.8 Å². The SMILES string of the molecule is Cc1cc(C)n(CC(=O)NCCCc2csc(N)n2)c(=O)n1. The monoisotopic (exact) mass is 321 g/mol. The number of rotatable bonds is 6. The summed E-state index contributed by atoms with van der Waals surface area (Å²) in [5.41, 5.74) is 7.48. The van der Waals surface area contributed by atoms with Crippen LogP contribution in [-0.4, -0.2) is 27.0 Å². The molecule has 2 aromatic rings. The third-order valence-corrected chi connectivity index (χ3v) is 3.87. The van der Waals surface area contributed by atoms with Gasteiger partial charge < -0.3 is 11.1 Å². The average molecular weight is 321 g/mol. The van der Waals surface area contributed by atoms with Gasteiger partial charge >= 0.3 is 5.69 Å². The van der Waals surface area contributed by atoms with Gasteiger partial charge in [0, 0.05) is 23.3 Å². The van der Waals surface area contributed by atoms with Crippen LogP contribution in [0.25, 0.3) is 0 Å². The lowest BCUT2D eigenvalue weighted by Gasteiger charge is -2.10. The van der Waals surface area contributed by atoms with Crippen molar-refractivity contribution in [3.05, 3.63) is 39.0 Å². The molecule has 0 aliphatic rings. The lowest BCUT2D eigenvalue weighted by Crippen LogP contribution is -2.35. The largest absolute Gasteiger partial charge is 0.375 e. The molecule has 0 saturated heterocycles. The number of carbonyl (C=O) groups excluding carboxylic acids is 1. The summed E-state index contributed by atoms with van der Waals surface area (Å²) in [6.07, 6.45) is 1.54. The number of anilines is 1. The number of nitrogens with zero attached hydrogens (tertiary/aromatic N) is 3. The maximum atomic E-state index is 11.9. The lowest BCUT2D eigenvalue weighted by atomic mass is 10.2. The standard InChI is InChI=1S/C14H19N5O2S/c1-9-6-10(2)19(14(21)17-9)7-12(20)16-5-3-4-11-8-22-13(15)18-11/h6,8H,3-5,7H2,1-2H3,(H2,15,18)(H,16,20). The van der Waals surface area contributed by atoms with Crippen LogP contribution in [0.4, 0.5) is 5.13 Å². The summed E-state index contributed by atoms with van der Waals surface area (Å²) in [4.78, 5) is 31.6. The number of aryl methyl sites for hydroxylation is 3. The van der Waals surface area contributed by atoms with E-state index in [0.717, 1.165) is 24.2 Å². The number of thiazole rings is 1. The number of carbonyl (C=O) groups is 1. The number of hydrogen-bond donors (Lipinski definition) is 2. The molecule has 2 aromatic heterocycles. The van der Waals surface area contributed by atoms with E-state index in [2.05, 4.69) is 15.3 Å². The van der Waals surface area contributed by atoms with E-state index in [9.17, 15) is 9.59 Å². The molecule has 0 unspecified atom stereocenters. The van der Waals surface area contributed by atoms with Gasteiger partial charge in [0.2, 0.25) is 5.91 Å². The summed E-state index contributed by atoms with van der Waals surface area (Å²) in [7, 11) is 0. The molecule has 22 heavy (non-hydrogen) atoms. The van der Waals surface area contributed by atoms with Crippen molar-refractivity contribution in [2.45, 2.75) is 33.2 Å². The molecule has 1 amide bonds. The first-order valence-electron chi connectivity index (χ1n) is 6.97. The number of amides is 1. The van der Waals surface area contributed by atoms with E-state index in [0.29, 0.717) is 17.4 Å². The Balaban J connectivity index is 1.80. The zero-order chi connectivity index (χ0) is 16.1. The van der Waals surface area contributed by atoms with Crippen molar-refractivity contribution in [3.8, 4) is 0 Å². The normalized spacial score (nSPS) is 10.6. The van der Waals surface area contributed by atoms with Crippen LogP contribution in [0.3, 0.4) is 0 Å². The molecule has 2 heterocycles. The van der Waals surface area contributed by atoms with Gasteiger partial charge in [-0.05, 0) is 32.8 Å². The molecule has 2 rings (SSSR count). The van der Waals surface area contributed by atoms with Crippen molar-refractivity contribution in [1.82, 2.24) is 19.9 Å². The topological polar surface area (TPSA) is 103 Å². The Morgan fingerprint density at radius 1 is 1.41 bits per heavy atom. The number of nitrogens with two attached hydrogens (primary N) is 1. The van der Waals surface area contributed by atoms with Crippen LogP contribution in [0, 0.1) is 13.8 Å². The lowest BCUT2D eigenvalue weighted by molar-refractivity contribution is -0.121. The van der Waals surface area contributed by atoms with Crippen LogP contribution < -0.4 is 16.7 Å². The molecular weight excluding hydrogens is 302 g/mol. The Kier molecular flexibility index (Phi) is 5.26. The molecular formula is C14H19N5O2S. The van der Waals surface area contributed by atoms with E-state index in [-0.39, 0.29) is 12.5 Å². The van der Waals surface area contributed by atoms with Crippen LogP contribution >= 0.6 is 11.3 Å². The van der Waals surface area contributed by atoms with Crippen molar-refractivity contribution in [1.29, 1.82) is 0 Å². The summed E-state index contributed by atoms with van der Waals surface area (Å²) < 4.78 is 1.36. The zero-order valence-electron chi connectivity index (χ0n) is 12.6. The van der Waals surface area contributed by atoms with E-state index < -0.39 is 5.69 Å². The maximum absolute atomic E-state index is 11.9. The fraction of sp³-hybridized carbons (Fsp3) is 0.429. The Bertz CT molecular complexity index is 722. The second-order valence-corrected chi connectivity index (χ2v) is 5.93. The van der Waals surface area contributed by atoms with E-state index in [1.54, 1.807) is 19.9 Å². The Hall–Kier alpha value is -2.22. The number of aromatic nitrogens is 3. The van der Waals surface area contributed by atoms with Crippen molar-refractivity contribution < 1.29 is 4.79 Å². The summed E-state index contributed by atoms with van der Waals surface area (Å²) >= 11 is 1.41. The molecule has 0 fully saturated rings. The fourth-order valence-corrected chi connectivity index (χ4v) is 2.70. The highest BCUT2D eigenvalue weighted by molar-refractivity contribution is 7.13. The van der Waals surface area contributed by atoms with Gasteiger partial charge in [0.1, 0.15) is 6.54 Å². The predicted octanol–water partition coefficient (Wildman–Crippen LogP) is 0.648. The van der Waals surface area contributed by atoms with E-state index in [4.69, 9.17) is 5.73 Å². The van der Waals surface area contributed by atoms with Gasteiger partial charge in [-0.15, -0.1) is 11.3 Å². The number of hydrogen-bond acceptors (Lipinski definition) is 6. The summed E-state index contributed by atoms with van der Waals surface area (Å²) in [5.74, 6) is -0.200. The third-order valence-electron chi connectivity index (χ3n) is 3.15. The van der Waals surface area contributed by atoms with Gasteiger partial charge in [0.25, 0.3) is 0 Å². The van der Waals surface area contributed by atoms with Gasteiger partial charge in [-0.2, -0.15) is 4.98 Å². The first-order chi connectivity index (χ1) is 10.5. The highest BCUT2D eigenvalue weighted by Gasteiger charge is 2.08. The average Bonchev–Trinajstić information content (AvgIpc) is 2.84. The van der Waals surface area contributed by atoms with Crippen LogP contribution in [0.2, 0.25) is 0 Å². The molecule has 0 aromatic carbocycles. The molecule has 0 bridgehead atoms. The van der Waals surface area contributed by atoms with Gasteiger partial charge in [0.15, 0.2) is 5.13 Å². The summed E-state index contributed by atoms with van der Waals surface area (Å²) in [5, 5.41) is 5.27. The van der Waals surface area contributed by atoms with Crippen LogP contribution in [0.5, 0.6) is 0 Å². The minimum atomic E-state index is -0.398. The van der Waals surface area contributed by atoms with E-state index in [1.165, 1.54) is 15.9 Å². The molecule has 7 nitrogen and oxygen atoms in total. The second kappa shape index (κ2) is 7.17. The second-order valence-electron chi connectivity index (χ2n) is 5.04. The van der Waals surface area contributed by atoms with Crippen molar-refractivity contribution in [2.24, 2.45) is 0 Å². The smallest absolute Gasteiger partial charge is 0.348 e. The minimum absolute atomic E-state index is 0.0123. The Morgan fingerprint density at radius 2 is 2.18 bits per heavy atom. The molecule has 0 radical (unpaired) electrons. The molecule has 0 aliphatic heterocycles. The van der Waals surface area contributed by atoms with E-state index >= 15 is 0 Å². The quantitative estimate of drug-likeness (QED) is 0.760. The molecule has 0 spiro atoms. The summed E-state index contributed by atoms with van der Waals surface area (Å²) in [6.45, 7) is 4.06. The van der Waals surface area contributed by atoms with Gasteiger partial charge in [-0.3, -0.25) is 9.36 Å². The Morgan fingerprint density at radius 3 is 2.82 bits per heavy atom. The number of nitrogens with one attached hydrogen (secondary N) is 1. The molecule has 0 atom stereocenters. The fourth-order valence-electron chi connectivity index (χ4n) is 2.10. The molecule has 0 aliphatic carbocycles. The van der Waals surface area contributed by atoms with Crippen LogP contribution in [0.15, 0.2) is 16.2 Å². The highest BCUT2D eigenvalue weighted by atomic mass is 32.1. The highest BCUT2D eigenvalue weighted by Crippen LogP contribution is 2.12. The van der Waals surface area contributed by atoms with Gasteiger partial charge in [0.05, 0.1) is 5.69 Å². The predicted molar refractivity (Wildman–Crippen MR) is 85.8 cm³/mol. The summed E-state index contributed by atoms with van der Waals surface area (Å²) in [6, 6.07) is 1.78. The first kappa shape index (κ1) is 16.2. The number of nitrogen functional groups attached to an aromatic ring is 1. The zero-order valence-corrected chi connectivity index (χ0v) is 13.4. The van der Waals surface area contributed by atoms with Crippen LogP contribution in [0.1, 0.15) is 23.5 Å². The maximum Gasteiger partial charge on any atom is 0.348 e. The first-order valence-corrected chi connectivity index (χ1v) is 7.85.